The van der Waals surface area contributed by atoms with E-state index in [0.29, 0.717) is 6.54 Å². The zero-order valence-corrected chi connectivity index (χ0v) is 11.5. The number of alkyl carbamates (subject to hydrolysis) is 1. The predicted octanol–water partition coefficient (Wildman–Crippen LogP) is 3.15. The van der Waals surface area contributed by atoms with E-state index in [0.717, 1.165) is 25.7 Å². The molecule has 0 bridgehead atoms. The van der Waals surface area contributed by atoms with Gasteiger partial charge in [-0.1, -0.05) is 18.9 Å². The molecule has 1 aliphatic rings. The fourth-order valence-corrected chi connectivity index (χ4v) is 2.26. The Balaban J connectivity index is 2.51. The van der Waals surface area contributed by atoms with Crippen molar-refractivity contribution in [3.8, 4) is 6.07 Å². The number of nitrogens with one attached hydrogen (secondary N) is 1. The van der Waals surface area contributed by atoms with Crippen molar-refractivity contribution < 1.29 is 9.53 Å². The lowest BCUT2D eigenvalue weighted by molar-refractivity contribution is 0.0510. The minimum absolute atomic E-state index is 0.0629. The van der Waals surface area contributed by atoms with Crippen LogP contribution >= 0.6 is 0 Å². The van der Waals surface area contributed by atoms with Crippen LogP contribution in [0.25, 0.3) is 0 Å². The van der Waals surface area contributed by atoms with Crippen molar-refractivity contribution >= 4 is 6.09 Å². The average Bonchev–Trinajstić information content (AvgIpc) is 2.71. The molecule has 100 valence electrons. The molecular weight excluding hydrogens is 228 g/mol. The van der Waals surface area contributed by atoms with Gasteiger partial charge in [-0.3, -0.25) is 0 Å². The second kappa shape index (κ2) is 5.90. The Morgan fingerprint density at radius 2 is 2.06 bits per heavy atom. The third kappa shape index (κ3) is 4.79. The van der Waals surface area contributed by atoms with Crippen molar-refractivity contribution in [2.75, 3.05) is 6.54 Å². The highest BCUT2D eigenvalue weighted by Crippen LogP contribution is 2.38. The molecule has 0 aromatic rings. The minimum Gasteiger partial charge on any atom is -0.444 e. The van der Waals surface area contributed by atoms with E-state index in [1.807, 2.05) is 32.9 Å². The molecule has 0 atom stereocenters. The van der Waals surface area contributed by atoms with Gasteiger partial charge in [-0.25, -0.2) is 4.79 Å². The van der Waals surface area contributed by atoms with Crippen LogP contribution in [-0.4, -0.2) is 18.2 Å². The molecule has 0 aromatic heterocycles. The Bertz CT molecular complexity index is 355. The van der Waals surface area contributed by atoms with Crippen molar-refractivity contribution in [2.45, 2.75) is 52.1 Å². The summed E-state index contributed by atoms with van der Waals surface area (Å²) in [4.78, 5) is 11.6. The lowest BCUT2D eigenvalue weighted by atomic mass is 9.86. The first-order valence-corrected chi connectivity index (χ1v) is 6.41. The van der Waals surface area contributed by atoms with Crippen LogP contribution in [0.15, 0.2) is 12.2 Å². The summed E-state index contributed by atoms with van der Waals surface area (Å²) in [7, 11) is 0. The van der Waals surface area contributed by atoms with Crippen LogP contribution in [0.1, 0.15) is 46.5 Å². The average molecular weight is 250 g/mol. The first-order chi connectivity index (χ1) is 8.37. The van der Waals surface area contributed by atoms with E-state index < -0.39 is 5.60 Å². The Morgan fingerprint density at radius 3 is 2.56 bits per heavy atom. The Labute approximate surface area is 109 Å². The van der Waals surface area contributed by atoms with Crippen molar-refractivity contribution in [1.82, 2.24) is 5.32 Å². The highest BCUT2D eigenvalue weighted by atomic mass is 16.6. The Kier molecular flexibility index (Phi) is 4.77. The first kappa shape index (κ1) is 14.6. The van der Waals surface area contributed by atoms with Crippen molar-refractivity contribution in [3.05, 3.63) is 12.2 Å². The molecule has 4 heteroatoms. The number of nitriles is 1. The largest absolute Gasteiger partial charge is 0.444 e. The number of amides is 1. The molecule has 0 spiro atoms. The van der Waals surface area contributed by atoms with Crippen LogP contribution < -0.4 is 5.32 Å². The van der Waals surface area contributed by atoms with Crippen LogP contribution in [0, 0.1) is 16.7 Å². The third-order valence-electron chi connectivity index (χ3n) is 3.09. The summed E-state index contributed by atoms with van der Waals surface area (Å²) in [5.74, 6) is 0. The Hall–Kier alpha value is -1.50. The summed E-state index contributed by atoms with van der Waals surface area (Å²) in [6, 6.07) is 2.02. The van der Waals surface area contributed by atoms with E-state index in [9.17, 15) is 4.79 Å². The fourth-order valence-electron chi connectivity index (χ4n) is 2.26. The lowest BCUT2D eigenvalue weighted by Gasteiger charge is -2.26. The van der Waals surface area contributed by atoms with E-state index >= 15 is 0 Å². The molecule has 0 aromatic carbocycles. The quantitative estimate of drug-likeness (QED) is 0.783. The van der Waals surface area contributed by atoms with E-state index in [2.05, 4.69) is 5.32 Å². The summed E-state index contributed by atoms with van der Waals surface area (Å²) >= 11 is 0. The van der Waals surface area contributed by atoms with Crippen LogP contribution in [-0.2, 0) is 4.74 Å². The fraction of sp³-hybridized carbons (Fsp3) is 0.714. The van der Waals surface area contributed by atoms with Gasteiger partial charge >= 0.3 is 6.09 Å². The summed E-state index contributed by atoms with van der Waals surface area (Å²) < 4.78 is 5.21. The van der Waals surface area contributed by atoms with Crippen molar-refractivity contribution in [1.29, 1.82) is 5.26 Å². The molecular formula is C14H22N2O2. The van der Waals surface area contributed by atoms with Gasteiger partial charge in [0.15, 0.2) is 0 Å². The van der Waals surface area contributed by atoms with Gasteiger partial charge in [0.1, 0.15) is 5.60 Å². The molecule has 1 saturated carbocycles. The molecule has 1 rings (SSSR count). The standard InChI is InChI=1S/C14H22N2O2/c1-13(2,3)18-12(17)16-11-14(9-6-10-15)7-4-5-8-14/h6,9H,4-5,7-8,11H2,1-3H3,(H,16,17). The highest BCUT2D eigenvalue weighted by Gasteiger charge is 2.32. The zero-order valence-electron chi connectivity index (χ0n) is 11.5. The van der Waals surface area contributed by atoms with E-state index in [1.165, 1.54) is 6.08 Å². The van der Waals surface area contributed by atoms with Gasteiger partial charge in [-0.15, -0.1) is 0 Å². The molecule has 1 fully saturated rings. The third-order valence-corrected chi connectivity index (χ3v) is 3.09. The van der Waals surface area contributed by atoms with Gasteiger partial charge in [0.2, 0.25) is 0 Å². The molecule has 4 nitrogen and oxygen atoms in total. The van der Waals surface area contributed by atoms with Gasteiger partial charge in [0.25, 0.3) is 0 Å². The number of hydrogen-bond acceptors (Lipinski definition) is 3. The number of rotatable bonds is 3. The molecule has 0 heterocycles. The molecule has 0 radical (unpaired) electrons. The minimum atomic E-state index is -0.477. The smallest absolute Gasteiger partial charge is 0.407 e. The van der Waals surface area contributed by atoms with Crippen LogP contribution in [0.5, 0.6) is 0 Å². The molecule has 0 unspecified atom stereocenters. The van der Waals surface area contributed by atoms with E-state index in [-0.39, 0.29) is 11.5 Å². The van der Waals surface area contributed by atoms with Gasteiger partial charge in [-0.2, -0.15) is 5.26 Å². The first-order valence-electron chi connectivity index (χ1n) is 6.41. The summed E-state index contributed by atoms with van der Waals surface area (Å²) in [6.07, 6.45) is 7.37. The molecule has 1 aliphatic carbocycles. The second-order valence-corrected chi connectivity index (χ2v) is 5.89. The van der Waals surface area contributed by atoms with Gasteiger partial charge in [-0.05, 0) is 33.6 Å². The zero-order chi connectivity index (χ0) is 13.6. The summed E-state index contributed by atoms with van der Waals surface area (Å²) in [5, 5.41) is 11.4. The maximum atomic E-state index is 11.6. The molecule has 1 amide bonds. The van der Waals surface area contributed by atoms with Gasteiger partial charge < -0.3 is 10.1 Å². The van der Waals surface area contributed by atoms with Crippen LogP contribution in [0.3, 0.4) is 0 Å². The van der Waals surface area contributed by atoms with Gasteiger partial charge in [0.05, 0.1) is 6.07 Å². The number of ether oxygens (including phenoxy) is 1. The van der Waals surface area contributed by atoms with Gasteiger partial charge in [0, 0.05) is 18.0 Å². The topological polar surface area (TPSA) is 62.1 Å². The maximum Gasteiger partial charge on any atom is 0.407 e. The number of hydrogen-bond donors (Lipinski definition) is 1. The monoisotopic (exact) mass is 250 g/mol. The van der Waals surface area contributed by atoms with Crippen molar-refractivity contribution in [2.24, 2.45) is 5.41 Å². The lowest BCUT2D eigenvalue weighted by Crippen LogP contribution is -2.38. The SMILES string of the molecule is CC(C)(C)OC(=O)NCC1(C=CC#N)CCCC1. The number of nitrogens with zero attached hydrogens (tertiary/aromatic N) is 1. The van der Waals surface area contributed by atoms with Crippen LogP contribution in [0.2, 0.25) is 0 Å². The summed E-state index contributed by atoms with van der Waals surface area (Å²) in [5.41, 5.74) is -0.540. The highest BCUT2D eigenvalue weighted by molar-refractivity contribution is 5.67. The predicted molar refractivity (Wildman–Crippen MR) is 69.9 cm³/mol. The number of carbonyl (C=O) groups is 1. The van der Waals surface area contributed by atoms with Crippen LogP contribution in [0.4, 0.5) is 4.79 Å². The molecule has 0 aliphatic heterocycles. The number of carbonyl (C=O) groups excluding carboxylic acids is 1. The molecule has 1 N–H and O–H groups in total. The number of allylic oxidation sites excluding steroid dienone is 1. The normalized spacial score (nSPS) is 18.6. The van der Waals surface area contributed by atoms with E-state index in [4.69, 9.17) is 10.00 Å². The summed E-state index contributed by atoms with van der Waals surface area (Å²) in [6.45, 7) is 6.06. The van der Waals surface area contributed by atoms with Crippen molar-refractivity contribution in [3.63, 3.8) is 0 Å². The molecule has 18 heavy (non-hydrogen) atoms. The Morgan fingerprint density at radius 1 is 1.44 bits per heavy atom. The second-order valence-electron chi connectivity index (χ2n) is 5.89. The molecule has 0 saturated heterocycles. The van der Waals surface area contributed by atoms with E-state index in [1.54, 1.807) is 0 Å². The maximum absolute atomic E-state index is 11.6.